The summed E-state index contributed by atoms with van der Waals surface area (Å²) in [7, 11) is 0. The minimum absolute atomic E-state index is 0.0617. The van der Waals surface area contributed by atoms with E-state index in [-0.39, 0.29) is 13.2 Å². The molecule has 0 radical (unpaired) electrons. The third-order valence-corrected chi connectivity index (χ3v) is 2.24. The van der Waals surface area contributed by atoms with Gasteiger partial charge in [0, 0.05) is 11.6 Å². The maximum absolute atomic E-state index is 9.20. The van der Waals surface area contributed by atoms with Crippen molar-refractivity contribution >= 4 is 10.9 Å². The third-order valence-electron chi connectivity index (χ3n) is 2.24. The standard InChI is InChI=1S/C12H13NO3/c14-7-10(15)8-16-11-5-1-3-9-4-2-6-13-12(9)11/h1-6,10,14-15H,7-8H2. The van der Waals surface area contributed by atoms with Crippen molar-refractivity contribution in [2.45, 2.75) is 6.10 Å². The molecule has 84 valence electrons. The van der Waals surface area contributed by atoms with E-state index in [4.69, 9.17) is 9.84 Å². The summed E-state index contributed by atoms with van der Waals surface area (Å²) in [5.41, 5.74) is 0.759. The van der Waals surface area contributed by atoms with E-state index >= 15 is 0 Å². The highest BCUT2D eigenvalue weighted by Crippen LogP contribution is 2.22. The van der Waals surface area contributed by atoms with Gasteiger partial charge in [-0.3, -0.25) is 4.98 Å². The van der Waals surface area contributed by atoms with Gasteiger partial charge in [-0.1, -0.05) is 18.2 Å². The van der Waals surface area contributed by atoms with Crippen LogP contribution in [0.4, 0.5) is 0 Å². The fourth-order valence-electron chi connectivity index (χ4n) is 1.43. The second-order valence-electron chi connectivity index (χ2n) is 3.48. The molecule has 0 spiro atoms. The molecule has 1 aromatic carbocycles. The van der Waals surface area contributed by atoms with Crippen LogP contribution in [0.3, 0.4) is 0 Å². The van der Waals surface area contributed by atoms with Crippen LogP contribution in [0.1, 0.15) is 0 Å². The molecule has 4 nitrogen and oxygen atoms in total. The zero-order valence-corrected chi connectivity index (χ0v) is 8.71. The zero-order chi connectivity index (χ0) is 11.4. The summed E-state index contributed by atoms with van der Waals surface area (Å²) in [6.07, 6.45) is 0.830. The first-order valence-electron chi connectivity index (χ1n) is 5.06. The Labute approximate surface area is 93.1 Å². The summed E-state index contributed by atoms with van der Waals surface area (Å²) in [6, 6.07) is 9.40. The summed E-state index contributed by atoms with van der Waals surface area (Å²) < 4.78 is 5.40. The molecular formula is C12H13NO3. The second-order valence-corrected chi connectivity index (χ2v) is 3.48. The summed E-state index contributed by atoms with van der Waals surface area (Å²) in [6.45, 7) is -0.246. The van der Waals surface area contributed by atoms with Crippen molar-refractivity contribution in [3.8, 4) is 5.75 Å². The molecule has 16 heavy (non-hydrogen) atoms. The molecule has 0 amide bonds. The molecule has 0 saturated carbocycles. The lowest BCUT2D eigenvalue weighted by Gasteiger charge is -2.11. The number of hydrogen-bond donors (Lipinski definition) is 2. The molecule has 1 unspecified atom stereocenters. The molecule has 2 aromatic rings. The van der Waals surface area contributed by atoms with Crippen molar-refractivity contribution in [1.29, 1.82) is 0 Å². The second kappa shape index (κ2) is 4.92. The molecule has 1 aromatic heterocycles. The highest BCUT2D eigenvalue weighted by atomic mass is 16.5. The normalized spacial score (nSPS) is 12.6. The number of ether oxygens (including phenoxy) is 1. The van der Waals surface area contributed by atoms with Crippen LogP contribution in [0.15, 0.2) is 36.5 Å². The Morgan fingerprint density at radius 1 is 1.25 bits per heavy atom. The Kier molecular flexibility index (Phi) is 3.34. The van der Waals surface area contributed by atoms with Gasteiger partial charge in [0.05, 0.1) is 6.61 Å². The Balaban J connectivity index is 2.23. The summed E-state index contributed by atoms with van der Waals surface area (Å²) in [5, 5.41) is 18.9. The predicted octanol–water partition coefficient (Wildman–Crippen LogP) is 0.967. The van der Waals surface area contributed by atoms with Crippen molar-refractivity contribution in [1.82, 2.24) is 4.98 Å². The topological polar surface area (TPSA) is 62.6 Å². The molecular weight excluding hydrogens is 206 g/mol. The van der Waals surface area contributed by atoms with Crippen LogP contribution in [-0.4, -0.2) is 34.5 Å². The van der Waals surface area contributed by atoms with E-state index in [1.54, 1.807) is 12.3 Å². The van der Waals surface area contributed by atoms with Gasteiger partial charge in [-0.2, -0.15) is 0 Å². The minimum Gasteiger partial charge on any atom is -0.489 e. The molecule has 1 atom stereocenters. The number of fused-ring (bicyclic) bond motifs is 1. The van der Waals surface area contributed by atoms with Gasteiger partial charge in [-0.25, -0.2) is 0 Å². The SMILES string of the molecule is OCC(O)COc1cccc2cccnc12. The number of aliphatic hydroxyl groups is 2. The van der Waals surface area contributed by atoms with E-state index in [0.29, 0.717) is 5.75 Å². The lowest BCUT2D eigenvalue weighted by molar-refractivity contribution is 0.0540. The monoisotopic (exact) mass is 219 g/mol. The van der Waals surface area contributed by atoms with Gasteiger partial charge >= 0.3 is 0 Å². The van der Waals surface area contributed by atoms with Crippen LogP contribution in [-0.2, 0) is 0 Å². The molecule has 2 rings (SSSR count). The Bertz CT molecular complexity index is 467. The number of para-hydroxylation sites is 1. The van der Waals surface area contributed by atoms with Crippen LogP contribution in [0.25, 0.3) is 10.9 Å². The predicted molar refractivity (Wildman–Crippen MR) is 60.3 cm³/mol. The average molecular weight is 219 g/mol. The number of rotatable bonds is 4. The first kappa shape index (κ1) is 10.9. The summed E-state index contributed by atoms with van der Waals surface area (Å²) >= 11 is 0. The van der Waals surface area contributed by atoms with Crippen molar-refractivity contribution in [3.05, 3.63) is 36.5 Å². The van der Waals surface area contributed by atoms with Crippen LogP contribution < -0.4 is 4.74 Å². The van der Waals surface area contributed by atoms with Crippen molar-refractivity contribution in [2.24, 2.45) is 0 Å². The van der Waals surface area contributed by atoms with Gasteiger partial charge in [0.15, 0.2) is 0 Å². The molecule has 0 aliphatic carbocycles. The molecule has 0 saturated heterocycles. The highest BCUT2D eigenvalue weighted by molar-refractivity contribution is 5.84. The Morgan fingerprint density at radius 3 is 2.88 bits per heavy atom. The van der Waals surface area contributed by atoms with Crippen molar-refractivity contribution in [2.75, 3.05) is 13.2 Å². The maximum atomic E-state index is 9.20. The van der Waals surface area contributed by atoms with Crippen molar-refractivity contribution < 1.29 is 14.9 Å². The fraction of sp³-hybridized carbons (Fsp3) is 0.250. The fourth-order valence-corrected chi connectivity index (χ4v) is 1.43. The number of benzene rings is 1. The van der Waals surface area contributed by atoms with Gasteiger partial charge in [0.1, 0.15) is 24.0 Å². The zero-order valence-electron chi connectivity index (χ0n) is 8.71. The van der Waals surface area contributed by atoms with Gasteiger partial charge in [-0.05, 0) is 12.1 Å². The van der Waals surface area contributed by atoms with Gasteiger partial charge in [0.25, 0.3) is 0 Å². The van der Waals surface area contributed by atoms with Gasteiger partial charge < -0.3 is 14.9 Å². The van der Waals surface area contributed by atoms with Crippen LogP contribution in [0.5, 0.6) is 5.75 Å². The van der Waals surface area contributed by atoms with Crippen LogP contribution >= 0.6 is 0 Å². The lowest BCUT2D eigenvalue weighted by atomic mass is 10.2. The molecule has 2 N–H and O–H groups in total. The molecule has 0 aliphatic rings. The van der Waals surface area contributed by atoms with E-state index < -0.39 is 6.10 Å². The van der Waals surface area contributed by atoms with Gasteiger partial charge in [0.2, 0.25) is 0 Å². The van der Waals surface area contributed by atoms with Crippen LogP contribution in [0, 0.1) is 0 Å². The highest BCUT2D eigenvalue weighted by Gasteiger charge is 2.06. The number of aliphatic hydroxyl groups excluding tert-OH is 2. The van der Waals surface area contributed by atoms with E-state index in [1.165, 1.54) is 0 Å². The molecule has 1 heterocycles. The maximum Gasteiger partial charge on any atom is 0.145 e. The number of hydrogen-bond acceptors (Lipinski definition) is 4. The van der Waals surface area contributed by atoms with E-state index in [9.17, 15) is 5.11 Å². The quantitative estimate of drug-likeness (QED) is 0.804. The first-order valence-corrected chi connectivity index (χ1v) is 5.06. The number of aromatic nitrogens is 1. The number of nitrogens with zero attached hydrogens (tertiary/aromatic N) is 1. The Morgan fingerprint density at radius 2 is 2.06 bits per heavy atom. The van der Waals surface area contributed by atoms with Gasteiger partial charge in [-0.15, -0.1) is 0 Å². The third kappa shape index (κ3) is 2.29. The molecule has 0 fully saturated rings. The molecule has 0 aliphatic heterocycles. The Hall–Kier alpha value is -1.65. The summed E-state index contributed by atoms with van der Waals surface area (Å²) in [5.74, 6) is 0.616. The lowest BCUT2D eigenvalue weighted by Crippen LogP contribution is -2.21. The smallest absolute Gasteiger partial charge is 0.145 e. The largest absolute Gasteiger partial charge is 0.489 e. The van der Waals surface area contributed by atoms with E-state index in [0.717, 1.165) is 10.9 Å². The first-order chi connectivity index (χ1) is 7.81. The van der Waals surface area contributed by atoms with E-state index in [1.807, 2.05) is 24.3 Å². The van der Waals surface area contributed by atoms with E-state index in [2.05, 4.69) is 4.98 Å². The average Bonchev–Trinajstić information content (AvgIpc) is 2.35. The number of pyridine rings is 1. The van der Waals surface area contributed by atoms with Crippen molar-refractivity contribution in [3.63, 3.8) is 0 Å². The molecule has 0 bridgehead atoms. The van der Waals surface area contributed by atoms with Crippen LogP contribution in [0.2, 0.25) is 0 Å². The molecule has 4 heteroatoms. The minimum atomic E-state index is -0.862. The summed E-state index contributed by atoms with van der Waals surface area (Å²) in [4.78, 5) is 4.22.